The molecule has 0 bridgehead atoms. The SMILES string of the molecule is Cc1sc2ncn(CCC(=O)N(C)Cc3ccc(N4CCOCC4)cc3)c(=O)c2c1C. The number of morpholine rings is 1. The largest absolute Gasteiger partial charge is 0.378 e. The number of carbonyl (C=O) groups is 1. The Balaban J connectivity index is 1.35. The topological polar surface area (TPSA) is 67.7 Å². The van der Waals surface area contributed by atoms with E-state index < -0.39 is 0 Å². The van der Waals surface area contributed by atoms with E-state index in [1.54, 1.807) is 22.8 Å². The summed E-state index contributed by atoms with van der Waals surface area (Å²) in [5, 5.41) is 0.672. The third kappa shape index (κ3) is 4.65. The maximum atomic E-state index is 12.8. The Hall–Kier alpha value is -2.71. The lowest BCUT2D eigenvalue weighted by atomic mass is 10.1. The highest BCUT2D eigenvalue weighted by Crippen LogP contribution is 2.25. The second kappa shape index (κ2) is 9.20. The monoisotopic (exact) mass is 440 g/mol. The molecule has 4 rings (SSSR count). The molecule has 8 heteroatoms. The molecule has 1 aliphatic rings. The van der Waals surface area contributed by atoms with E-state index in [1.807, 2.05) is 13.8 Å². The van der Waals surface area contributed by atoms with Gasteiger partial charge in [-0.2, -0.15) is 0 Å². The number of hydrogen-bond donors (Lipinski definition) is 0. The van der Waals surface area contributed by atoms with Crippen molar-refractivity contribution < 1.29 is 9.53 Å². The van der Waals surface area contributed by atoms with Crippen LogP contribution in [-0.4, -0.2) is 53.7 Å². The average Bonchev–Trinajstić information content (AvgIpc) is 3.08. The van der Waals surface area contributed by atoms with Crippen LogP contribution >= 0.6 is 11.3 Å². The summed E-state index contributed by atoms with van der Waals surface area (Å²) in [7, 11) is 1.80. The number of hydrogen-bond acceptors (Lipinski definition) is 6. The van der Waals surface area contributed by atoms with Crippen molar-refractivity contribution in [1.82, 2.24) is 14.5 Å². The molecule has 1 aliphatic heterocycles. The van der Waals surface area contributed by atoms with Crippen molar-refractivity contribution in [2.75, 3.05) is 38.3 Å². The number of amides is 1. The molecule has 0 N–H and O–H groups in total. The molecule has 31 heavy (non-hydrogen) atoms. The standard InChI is InChI=1S/C23H28N4O3S/c1-16-17(2)31-22-21(16)23(29)27(15-24-22)9-8-20(28)25(3)14-18-4-6-19(7-5-18)26-10-12-30-13-11-26/h4-7,15H,8-14H2,1-3H3. The predicted octanol–water partition coefficient (Wildman–Crippen LogP) is 2.96. The molecule has 0 aliphatic carbocycles. The van der Waals surface area contributed by atoms with E-state index in [4.69, 9.17) is 4.74 Å². The number of thiophene rings is 1. The van der Waals surface area contributed by atoms with Crippen molar-refractivity contribution in [1.29, 1.82) is 0 Å². The van der Waals surface area contributed by atoms with Gasteiger partial charge >= 0.3 is 0 Å². The third-order valence-electron chi connectivity index (χ3n) is 5.88. The van der Waals surface area contributed by atoms with Crippen LogP contribution in [0.15, 0.2) is 35.4 Å². The van der Waals surface area contributed by atoms with Crippen molar-refractivity contribution in [2.45, 2.75) is 33.4 Å². The van der Waals surface area contributed by atoms with Gasteiger partial charge in [-0.05, 0) is 37.1 Å². The fourth-order valence-electron chi connectivity index (χ4n) is 3.83. The van der Waals surface area contributed by atoms with Crippen LogP contribution < -0.4 is 10.5 Å². The molecule has 0 saturated carbocycles. The van der Waals surface area contributed by atoms with Crippen LogP contribution in [0.25, 0.3) is 10.2 Å². The number of benzene rings is 1. The summed E-state index contributed by atoms with van der Waals surface area (Å²) in [6, 6.07) is 8.34. The Morgan fingerprint density at radius 1 is 1.19 bits per heavy atom. The van der Waals surface area contributed by atoms with Crippen molar-refractivity contribution >= 4 is 33.1 Å². The minimum absolute atomic E-state index is 0.00229. The lowest BCUT2D eigenvalue weighted by Crippen LogP contribution is -2.36. The second-order valence-electron chi connectivity index (χ2n) is 7.97. The first kappa shape index (κ1) is 21.5. The first-order chi connectivity index (χ1) is 14.9. The van der Waals surface area contributed by atoms with E-state index in [-0.39, 0.29) is 17.9 Å². The van der Waals surface area contributed by atoms with Crippen molar-refractivity contribution in [2.24, 2.45) is 0 Å². The average molecular weight is 441 g/mol. The zero-order valence-corrected chi connectivity index (χ0v) is 19.1. The molecular formula is C23H28N4O3S. The number of anilines is 1. The van der Waals surface area contributed by atoms with Gasteiger partial charge < -0.3 is 14.5 Å². The van der Waals surface area contributed by atoms with Gasteiger partial charge in [0.2, 0.25) is 5.91 Å². The molecular weight excluding hydrogens is 412 g/mol. The number of aryl methyl sites for hydroxylation is 3. The molecule has 1 amide bonds. The summed E-state index contributed by atoms with van der Waals surface area (Å²) >= 11 is 1.53. The van der Waals surface area contributed by atoms with E-state index in [2.05, 4.69) is 34.1 Å². The Bertz CT molecular complexity index is 1130. The maximum Gasteiger partial charge on any atom is 0.262 e. The Labute approximate surface area is 185 Å². The Morgan fingerprint density at radius 3 is 2.61 bits per heavy atom. The van der Waals surface area contributed by atoms with Gasteiger partial charge in [0.15, 0.2) is 0 Å². The molecule has 2 aromatic heterocycles. The van der Waals surface area contributed by atoms with Crippen LogP contribution in [0.5, 0.6) is 0 Å². The van der Waals surface area contributed by atoms with Gasteiger partial charge in [0.05, 0.1) is 24.9 Å². The van der Waals surface area contributed by atoms with E-state index >= 15 is 0 Å². The maximum absolute atomic E-state index is 12.8. The minimum Gasteiger partial charge on any atom is -0.378 e. The van der Waals surface area contributed by atoms with Crippen molar-refractivity contribution in [3.63, 3.8) is 0 Å². The molecule has 1 saturated heterocycles. The minimum atomic E-state index is -0.0685. The molecule has 0 unspecified atom stereocenters. The lowest BCUT2D eigenvalue weighted by Gasteiger charge is -2.29. The first-order valence-corrected chi connectivity index (χ1v) is 11.4. The molecule has 0 spiro atoms. The highest BCUT2D eigenvalue weighted by Gasteiger charge is 2.15. The van der Waals surface area contributed by atoms with Crippen LogP contribution in [0.4, 0.5) is 5.69 Å². The number of aromatic nitrogens is 2. The normalized spacial score (nSPS) is 14.2. The van der Waals surface area contributed by atoms with Crippen LogP contribution in [-0.2, 0) is 22.6 Å². The van der Waals surface area contributed by atoms with Gasteiger partial charge in [-0.3, -0.25) is 14.2 Å². The van der Waals surface area contributed by atoms with Gasteiger partial charge in [0.25, 0.3) is 5.56 Å². The summed E-state index contributed by atoms with van der Waals surface area (Å²) in [4.78, 5) is 35.7. The van der Waals surface area contributed by atoms with Crippen LogP contribution in [0.3, 0.4) is 0 Å². The Morgan fingerprint density at radius 2 is 1.90 bits per heavy atom. The first-order valence-electron chi connectivity index (χ1n) is 10.5. The zero-order chi connectivity index (χ0) is 22.0. The summed E-state index contributed by atoms with van der Waals surface area (Å²) in [5.74, 6) is 0.00229. The van der Waals surface area contributed by atoms with Crippen LogP contribution in [0, 0.1) is 13.8 Å². The fourth-order valence-corrected chi connectivity index (χ4v) is 4.82. The van der Waals surface area contributed by atoms with Gasteiger partial charge in [-0.25, -0.2) is 4.98 Å². The van der Waals surface area contributed by atoms with Crippen molar-refractivity contribution in [3.8, 4) is 0 Å². The molecule has 3 heterocycles. The third-order valence-corrected chi connectivity index (χ3v) is 7.00. The molecule has 3 aromatic rings. The smallest absolute Gasteiger partial charge is 0.262 e. The molecule has 0 atom stereocenters. The van der Waals surface area contributed by atoms with Crippen LogP contribution in [0.1, 0.15) is 22.4 Å². The number of ether oxygens (including phenoxy) is 1. The summed E-state index contributed by atoms with van der Waals surface area (Å²) in [5.41, 5.74) is 3.18. The van der Waals surface area contributed by atoms with Gasteiger partial charge in [0.1, 0.15) is 4.83 Å². The highest BCUT2D eigenvalue weighted by molar-refractivity contribution is 7.18. The number of rotatable bonds is 6. The molecule has 1 fully saturated rings. The summed E-state index contributed by atoms with van der Waals surface area (Å²) < 4.78 is 6.95. The number of carbonyl (C=O) groups excluding carboxylic acids is 1. The predicted molar refractivity (Wildman–Crippen MR) is 124 cm³/mol. The summed E-state index contributed by atoms with van der Waals surface area (Å²) in [6.45, 7) is 8.14. The molecule has 7 nitrogen and oxygen atoms in total. The number of fused-ring (bicyclic) bond motifs is 1. The molecule has 0 radical (unpaired) electrons. The number of nitrogens with zero attached hydrogens (tertiary/aromatic N) is 4. The molecule has 1 aromatic carbocycles. The zero-order valence-electron chi connectivity index (χ0n) is 18.3. The van der Waals surface area contributed by atoms with E-state index in [9.17, 15) is 9.59 Å². The quantitative estimate of drug-likeness (QED) is 0.590. The van der Waals surface area contributed by atoms with Gasteiger partial charge in [-0.15, -0.1) is 11.3 Å². The van der Waals surface area contributed by atoms with Gasteiger partial charge in [0, 0.05) is 50.2 Å². The van der Waals surface area contributed by atoms with E-state index in [0.717, 1.165) is 47.1 Å². The van der Waals surface area contributed by atoms with Crippen molar-refractivity contribution in [3.05, 3.63) is 57.0 Å². The highest BCUT2D eigenvalue weighted by atomic mass is 32.1. The lowest BCUT2D eigenvalue weighted by molar-refractivity contribution is -0.130. The van der Waals surface area contributed by atoms with E-state index in [0.29, 0.717) is 18.5 Å². The van der Waals surface area contributed by atoms with Crippen LogP contribution in [0.2, 0.25) is 0 Å². The summed E-state index contributed by atoms with van der Waals surface area (Å²) in [6.07, 6.45) is 1.81. The van der Waals surface area contributed by atoms with Gasteiger partial charge in [-0.1, -0.05) is 12.1 Å². The molecule has 164 valence electrons. The van der Waals surface area contributed by atoms with E-state index in [1.165, 1.54) is 17.0 Å². The fraction of sp³-hybridized carbons (Fsp3) is 0.435. The second-order valence-corrected chi connectivity index (χ2v) is 9.18. The Kier molecular flexibility index (Phi) is 6.38.